The van der Waals surface area contributed by atoms with Gasteiger partial charge in [-0.25, -0.2) is 4.98 Å². The molecule has 0 unspecified atom stereocenters. The lowest BCUT2D eigenvalue weighted by Crippen LogP contribution is -1.75. The van der Waals surface area contributed by atoms with Crippen LogP contribution in [0, 0.1) is 0 Å². The summed E-state index contributed by atoms with van der Waals surface area (Å²) in [6.45, 7) is 0. The third-order valence-electron chi connectivity index (χ3n) is 1.54. The van der Waals surface area contributed by atoms with Crippen molar-refractivity contribution in [3.63, 3.8) is 0 Å². The molecule has 11 heavy (non-hydrogen) atoms. The third kappa shape index (κ3) is 1.03. The summed E-state index contributed by atoms with van der Waals surface area (Å²) in [5.74, 6) is 0. The molecule has 0 radical (unpaired) electrons. The summed E-state index contributed by atoms with van der Waals surface area (Å²) in [6.07, 6.45) is 1.75. The van der Waals surface area contributed by atoms with Crippen molar-refractivity contribution in [1.29, 1.82) is 0 Å². The molecule has 0 saturated carbocycles. The molecule has 1 N–H and O–H groups in total. The van der Waals surface area contributed by atoms with Gasteiger partial charge < -0.3 is 0 Å². The van der Waals surface area contributed by atoms with Gasteiger partial charge in [0.15, 0.2) is 5.65 Å². The molecular formula is C7H6BrN3. The molecular weight excluding hydrogens is 206 g/mol. The van der Waals surface area contributed by atoms with Crippen LogP contribution < -0.4 is 0 Å². The first kappa shape index (κ1) is 6.79. The minimum absolute atomic E-state index is 0.763. The average Bonchev–Trinajstić information content (AvgIpc) is 2.47. The summed E-state index contributed by atoms with van der Waals surface area (Å²) in [7, 11) is 0. The van der Waals surface area contributed by atoms with Gasteiger partial charge in [-0.1, -0.05) is 15.9 Å². The van der Waals surface area contributed by atoms with E-state index >= 15 is 0 Å². The van der Waals surface area contributed by atoms with Crippen LogP contribution in [0.25, 0.3) is 11.0 Å². The molecule has 2 rings (SSSR count). The highest BCUT2D eigenvalue weighted by Crippen LogP contribution is 2.14. The molecule has 2 aromatic rings. The molecule has 2 heterocycles. The van der Waals surface area contributed by atoms with E-state index in [2.05, 4.69) is 31.1 Å². The summed E-state index contributed by atoms with van der Waals surface area (Å²) in [4.78, 5) is 4.11. The number of aromatic amines is 1. The van der Waals surface area contributed by atoms with Crippen molar-refractivity contribution in [3.05, 3.63) is 24.0 Å². The Morgan fingerprint density at radius 1 is 1.55 bits per heavy atom. The van der Waals surface area contributed by atoms with Gasteiger partial charge in [0.1, 0.15) is 0 Å². The Kier molecular flexibility index (Phi) is 1.62. The number of pyridine rings is 1. The van der Waals surface area contributed by atoms with Gasteiger partial charge in [0, 0.05) is 16.9 Å². The van der Waals surface area contributed by atoms with Gasteiger partial charge in [0.05, 0.1) is 5.69 Å². The minimum atomic E-state index is 0.763. The lowest BCUT2D eigenvalue weighted by atomic mass is 10.3. The van der Waals surface area contributed by atoms with Crippen molar-refractivity contribution >= 4 is 27.0 Å². The number of nitrogens with one attached hydrogen (secondary N) is 1. The molecule has 4 heteroatoms. The first-order chi connectivity index (χ1) is 5.42. The topological polar surface area (TPSA) is 41.6 Å². The Hall–Kier alpha value is -0.900. The number of alkyl halides is 1. The van der Waals surface area contributed by atoms with Crippen molar-refractivity contribution in [2.45, 2.75) is 5.33 Å². The first-order valence-corrected chi connectivity index (χ1v) is 4.38. The molecule has 0 amide bonds. The number of fused-ring (bicyclic) bond motifs is 1. The highest BCUT2D eigenvalue weighted by atomic mass is 79.9. The zero-order valence-electron chi connectivity index (χ0n) is 5.71. The molecule has 0 atom stereocenters. The Labute approximate surface area is 72.0 Å². The van der Waals surface area contributed by atoms with Gasteiger partial charge in [0.2, 0.25) is 0 Å². The molecule has 0 aromatic carbocycles. The predicted octanol–water partition coefficient (Wildman–Crippen LogP) is 1.85. The van der Waals surface area contributed by atoms with Crippen LogP contribution in [0.4, 0.5) is 0 Å². The number of nitrogens with zero attached hydrogens (tertiary/aromatic N) is 2. The summed E-state index contributed by atoms with van der Waals surface area (Å²) >= 11 is 3.35. The monoisotopic (exact) mass is 211 g/mol. The van der Waals surface area contributed by atoms with E-state index < -0.39 is 0 Å². The fraction of sp³-hybridized carbons (Fsp3) is 0.143. The lowest BCUT2D eigenvalue weighted by molar-refractivity contribution is 1.05. The van der Waals surface area contributed by atoms with E-state index in [9.17, 15) is 0 Å². The third-order valence-corrected chi connectivity index (χ3v) is 2.07. The van der Waals surface area contributed by atoms with E-state index in [0.29, 0.717) is 0 Å². The molecule has 0 saturated heterocycles. The van der Waals surface area contributed by atoms with Crippen LogP contribution in [0.1, 0.15) is 5.69 Å². The van der Waals surface area contributed by atoms with Gasteiger partial charge in [-0.3, -0.25) is 5.10 Å². The highest BCUT2D eigenvalue weighted by Gasteiger charge is 2.02. The van der Waals surface area contributed by atoms with E-state index in [1.807, 2.05) is 12.1 Å². The highest BCUT2D eigenvalue weighted by molar-refractivity contribution is 9.08. The maximum absolute atomic E-state index is 4.11. The summed E-state index contributed by atoms with van der Waals surface area (Å²) in [5, 5.41) is 8.78. The lowest BCUT2D eigenvalue weighted by Gasteiger charge is -1.86. The largest absolute Gasteiger partial charge is 0.261 e. The predicted molar refractivity (Wildman–Crippen MR) is 46.5 cm³/mol. The molecule has 0 aliphatic carbocycles. The Morgan fingerprint density at radius 3 is 3.27 bits per heavy atom. The number of hydrogen-bond acceptors (Lipinski definition) is 2. The van der Waals surface area contributed by atoms with Crippen LogP contribution >= 0.6 is 15.9 Å². The maximum Gasteiger partial charge on any atom is 0.155 e. The molecule has 0 fully saturated rings. The second-order valence-corrected chi connectivity index (χ2v) is 2.76. The van der Waals surface area contributed by atoms with Crippen LogP contribution in [0.2, 0.25) is 0 Å². The standard InChI is InChI=1S/C7H6BrN3/c8-4-6-5-2-1-3-9-7(5)11-10-6/h1-3H,4H2,(H,9,10,11). The zero-order chi connectivity index (χ0) is 7.68. The van der Waals surface area contributed by atoms with Crippen LogP contribution in [0.5, 0.6) is 0 Å². The van der Waals surface area contributed by atoms with Gasteiger partial charge in [-0.05, 0) is 12.1 Å². The van der Waals surface area contributed by atoms with Crippen molar-refractivity contribution in [1.82, 2.24) is 15.2 Å². The number of rotatable bonds is 1. The van der Waals surface area contributed by atoms with E-state index in [0.717, 1.165) is 22.1 Å². The Bertz CT molecular complexity index is 368. The van der Waals surface area contributed by atoms with Gasteiger partial charge in [-0.2, -0.15) is 5.10 Å². The summed E-state index contributed by atoms with van der Waals surface area (Å²) in [6, 6.07) is 3.91. The van der Waals surface area contributed by atoms with Gasteiger partial charge in [0.25, 0.3) is 0 Å². The molecule has 56 valence electrons. The summed E-state index contributed by atoms with van der Waals surface area (Å²) < 4.78 is 0. The zero-order valence-corrected chi connectivity index (χ0v) is 7.30. The first-order valence-electron chi connectivity index (χ1n) is 3.26. The number of hydrogen-bond donors (Lipinski definition) is 1. The molecule has 0 aliphatic rings. The molecule has 0 aliphatic heterocycles. The second kappa shape index (κ2) is 2.62. The van der Waals surface area contributed by atoms with E-state index in [-0.39, 0.29) is 0 Å². The van der Waals surface area contributed by atoms with Crippen LogP contribution in [0.3, 0.4) is 0 Å². The summed E-state index contributed by atoms with van der Waals surface area (Å²) in [5.41, 5.74) is 1.86. The minimum Gasteiger partial charge on any atom is -0.261 e. The smallest absolute Gasteiger partial charge is 0.155 e. The normalized spacial score (nSPS) is 10.6. The second-order valence-electron chi connectivity index (χ2n) is 2.20. The number of H-pyrrole nitrogens is 1. The fourth-order valence-electron chi connectivity index (χ4n) is 1.01. The average molecular weight is 212 g/mol. The van der Waals surface area contributed by atoms with E-state index in [1.54, 1.807) is 6.20 Å². The number of halogens is 1. The van der Waals surface area contributed by atoms with E-state index in [4.69, 9.17) is 0 Å². The van der Waals surface area contributed by atoms with Gasteiger partial charge >= 0.3 is 0 Å². The molecule has 3 nitrogen and oxygen atoms in total. The van der Waals surface area contributed by atoms with E-state index in [1.165, 1.54) is 0 Å². The Balaban J connectivity index is 2.76. The maximum atomic E-state index is 4.11. The van der Waals surface area contributed by atoms with Gasteiger partial charge in [-0.15, -0.1) is 0 Å². The van der Waals surface area contributed by atoms with Crippen molar-refractivity contribution in [3.8, 4) is 0 Å². The van der Waals surface area contributed by atoms with Crippen LogP contribution in [-0.2, 0) is 5.33 Å². The number of aromatic nitrogens is 3. The van der Waals surface area contributed by atoms with Crippen molar-refractivity contribution in [2.75, 3.05) is 0 Å². The van der Waals surface area contributed by atoms with Crippen molar-refractivity contribution < 1.29 is 0 Å². The quantitative estimate of drug-likeness (QED) is 0.733. The molecule has 0 spiro atoms. The van der Waals surface area contributed by atoms with Crippen molar-refractivity contribution in [2.24, 2.45) is 0 Å². The van der Waals surface area contributed by atoms with Crippen LogP contribution in [0.15, 0.2) is 18.3 Å². The molecule has 2 aromatic heterocycles. The fourth-order valence-corrected chi connectivity index (χ4v) is 1.44. The van der Waals surface area contributed by atoms with Crippen LogP contribution in [-0.4, -0.2) is 15.2 Å². The Morgan fingerprint density at radius 2 is 2.45 bits per heavy atom. The molecule has 0 bridgehead atoms. The SMILES string of the molecule is BrCc1n[nH]c2ncccc12.